The van der Waals surface area contributed by atoms with Gasteiger partial charge in [0.05, 0.1) is 15.2 Å². The largest absolute Gasteiger partial charge is 0.369 e. The van der Waals surface area contributed by atoms with E-state index in [9.17, 15) is 14.9 Å². The molecule has 1 atom stereocenters. The normalized spacial score (nSPS) is 12.1. The smallest absolute Gasteiger partial charge is 0.287 e. The van der Waals surface area contributed by atoms with Crippen molar-refractivity contribution in [3.05, 3.63) is 28.4 Å². The van der Waals surface area contributed by atoms with Gasteiger partial charge >= 0.3 is 0 Å². The molecule has 0 aliphatic carbocycles. The van der Waals surface area contributed by atoms with Crippen molar-refractivity contribution in [1.82, 2.24) is 4.98 Å². The van der Waals surface area contributed by atoms with E-state index in [4.69, 9.17) is 5.73 Å². The van der Waals surface area contributed by atoms with Crippen LogP contribution in [0.2, 0.25) is 0 Å². The number of nitrogens with zero attached hydrogens (tertiary/aromatic N) is 2. The highest BCUT2D eigenvalue weighted by Crippen LogP contribution is 2.24. The monoisotopic (exact) mass is 241 g/mol. The lowest BCUT2D eigenvalue weighted by atomic mass is 10.3. The summed E-state index contributed by atoms with van der Waals surface area (Å²) in [6.45, 7) is 1.84. The quantitative estimate of drug-likeness (QED) is 0.476. The molecule has 16 heavy (non-hydrogen) atoms. The third-order valence-electron chi connectivity index (χ3n) is 1.88. The van der Waals surface area contributed by atoms with Crippen molar-refractivity contribution in [3.63, 3.8) is 0 Å². The number of nitrogens with two attached hydrogens (primary N) is 1. The summed E-state index contributed by atoms with van der Waals surface area (Å²) in [5, 5.41) is 10.6. The van der Waals surface area contributed by atoms with E-state index in [-0.39, 0.29) is 10.9 Å². The summed E-state index contributed by atoms with van der Waals surface area (Å²) < 4.78 is 0. The summed E-state index contributed by atoms with van der Waals surface area (Å²) in [6, 6.07) is 2.86. The van der Waals surface area contributed by atoms with Gasteiger partial charge in [-0.3, -0.25) is 14.9 Å². The predicted molar refractivity (Wildman–Crippen MR) is 60.0 cm³/mol. The van der Waals surface area contributed by atoms with Gasteiger partial charge in [-0.05, 0) is 12.5 Å². The Morgan fingerprint density at radius 2 is 2.38 bits per heavy atom. The molecule has 0 saturated carbocycles. The minimum atomic E-state index is -0.521. The highest BCUT2D eigenvalue weighted by atomic mass is 32.2. The number of hydrogen-bond donors (Lipinski definition) is 1. The zero-order chi connectivity index (χ0) is 12.1. The molecular formula is C9H11N3O3S. The lowest BCUT2D eigenvalue weighted by Gasteiger charge is -2.08. The van der Waals surface area contributed by atoms with Crippen molar-refractivity contribution in [3.8, 4) is 0 Å². The van der Waals surface area contributed by atoms with E-state index in [2.05, 4.69) is 4.98 Å². The molecular weight excluding hydrogens is 230 g/mol. The predicted octanol–water partition coefficient (Wildman–Crippen LogP) is 1.35. The molecule has 0 aliphatic heterocycles. The number of carbonyl (C=O) groups is 1. The SMILES string of the molecule is CCC(Sc1ccc([N+](=O)[O-])cn1)C(N)=O. The van der Waals surface area contributed by atoms with Crippen molar-refractivity contribution in [2.24, 2.45) is 5.73 Å². The molecule has 1 amide bonds. The molecule has 2 N–H and O–H groups in total. The first-order valence-electron chi connectivity index (χ1n) is 4.61. The van der Waals surface area contributed by atoms with E-state index in [1.807, 2.05) is 6.92 Å². The van der Waals surface area contributed by atoms with Crippen LogP contribution >= 0.6 is 11.8 Å². The Hall–Kier alpha value is -1.63. The van der Waals surface area contributed by atoms with Crippen molar-refractivity contribution in [2.75, 3.05) is 0 Å². The Bertz CT molecular complexity index is 393. The van der Waals surface area contributed by atoms with Crippen molar-refractivity contribution in [2.45, 2.75) is 23.6 Å². The van der Waals surface area contributed by atoms with Crippen LogP contribution in [0.1, 0.15) is 13.3 Å². The first-order chi connectivity index (χ1) is 7.54. The van der Waals surface area contributed by atoms with Crippen molar-refractivity contribution in [1.29, 1.82) is 0 Å². The van der Waals surface area contributed by atoms with Gasteiger partial charge < -0.3 is 5.73 Å². The maximum atomic E-state index is 11.0. The molecule has 86 valence electrons. The number of thioether (sulfide) groups is 1. The maximum absolute atomic E-state index is 11.0. The Balaban J connectivity index is 2.75. The fourth-order valence-corrected chi connectivity index (χ4v) is 1.87. The van der Waals surface area contributed by atoms with Crippen LogP contribution < -0.4 is 5.73 Å². The molecule has 0 fully saturated rings. The Morgan fingerprint density at radius 1 is 1.69 bits per heavy atom. The van der Waals surface area contributed by atoms with Gasteiger partial charge in [0.1, 0.15) is 6.20 Å². The average molecular weight is 241 g/mol. The number of amides is 1. The minimum absolute atomic E-state index is 0.0727. The van der Waals surface area contributed by atoms with E-state index < -0.39 is 10.8 Å². The summed E-state index contributed by atoms with van der Waals surface area (Å²) in [7, 11) is 0. The van der Waals surface area contributed by atoms with Crippen LogP contribution in [0.4, 0.5) is 5.69 Å². The molecule has 0 bridgehead atoms. The molecule has 7 heteroatoms. The molecule has 0 saturated heterocycles. The first-order valence-corrected chi connectivity index (χ1v) is 5.49. The molecule has 6 nitrogen and oxygen atoms in total. The summed E-state index contributed by atoms with van der Waals surface area (Å²) >= 11 is 1.21. The first kappa shape index (κ1) is 12.4. The van der Waals surface area contributed by atoms with Crippen LogP contribution in [0.25, 0.3) is 0 Å². The molecule has 0 radical (unpaired) electrons. The number of rotatable bonds is 5. The van der Waals surface area contributed by atoms with Crippen LogP contribution in [-0.4, -0.2) is 21.1 Å². The van der Waals surface area contributed by atoms with E-state index >= 15 is 0 Å². The van der Waals surface area contributed by atoms with Gasteiger partial charge in [0.25, 0.3) is 5.69 Å². The zero-order valence-corrected chi connectivity index (χ0v) is 9.44. The second kappa shape index (κ2) is 5.45. The Labute approximate surface area is 96.4 Å². The van der Waals surface area contributed by atoms with Crippen molar-refractivity contribution >= 4 is 23.4 Å². The third kappa shape index (κ3) is 3.20. The number of primary amides is 1. The van der Waals surface area contributed by atoms with E-state index in [1.165, 1.54) is 23.9 Å². The third-order valence-corrected chi connectivity index (χ3v) is 3.22. The second-order valence-electron chi connectivity index (χ2n) is 3.03. The van der Waals surface area contributed by atoms with Gasteiger partial charge in [0, 0.05) is 6.07 Å². The highest BCUT2D eigenvalue weighted by molar-refractivity contribution is 8.00. The molecule has 1 aromatic rings. The summed E-state index contributed by atoms with van der Waals surface area (Å²) in [4.78, 5) is 24.7. The molecule has 0 spiro atoms. The van der Waals surface area contributed by atoms with Crippen LogP contribution in [0.3, 0.4) is 0 Å². The second-order valence-corrected chi connectivity index (χ2v) is 4.25. The molecule has 1 unspecified atom stereocenters. The number of carbonyl (C=O) groups excluding carboxylic acids is 1. The zero-order valence-electron chi connectivity index (χ0n) is 8.62. The average Bonchev–Trinajstić information content (AvgIpc) is 2.26. The van der Waals surface area contributed by atoms with Crippen molar-refractivity contribution < 1.29 is 9.72 Å². The molecule has 0 aliphatic rings. The fraction of sp³-hybridized carbons (Fsp3) is 0.333. The minimum Gasteiger partial charge on any atom is -0.369 e. The van der Waals surface area contributed by atoms with Gasteiger partial charge in [0.2, 0.25) is 5.91 Å². The lowest BCUT2D eigenvalue weighted by molar-refractivity contribution is -0.385. The summed E-state index contributed by atoms with van der Waals surface area (Å²) in [6.07, 6.45) is 1.76. The van der Waals surface area contributed by atoms with E-state index in [0.717, 1.165) is 6.20 Å². The highest BCUT2D eigenvalue weighted by Gasteiger charge is 2.15. The van der Waals surface area contributed by atoms with E-state index in [0.29, 0.717) is 11.4 Å². The standard InChI is InChI=1S/C9H11N3O3S/c1-2-7(9(10)13)16-8-4-3-6(5-11-8)12(14)15/h3-5,7H,2H2,1H3,(H2,10,13). The summed E-state index contributed by atoms with van der Waals surface area (Å²) in [5.41, 5.74) is 5.10. The topological polar surface area (TPSA) is 99.1 Å². The fourth-order valence-electron chi connectivity index (χ4n) is 1.04. The number of aromatic nitrogens is 1. The Morgan fingerprint density at radius 3 is 2.75 bits per heavy atom. The Kier molecular flexibility index (Phi) is 4.24. The number of hydrogen-bond acceptors (Lipinski definition) is 5. The van der Waals surface area contributed by atoms with Crippen LogP contribution in [-0.2, 0) is 4.79 Å². The van der Waals surface area contributed by atoms with Gasteiger partial charge in [-0.2, -0.15) is 0 Å². The van der Waals surface area contributed by atoms with Crippen LogP contribution in [0.5, 0.6) is 0 Å². The summed E-state index contributed by atoms with van der Waals surface area (Å²) in [5.74, 6) is -0.410. The molecule has 1 heterocycles. The maximum Gasteiger partial charge on any atom is 0.287 e. The molecule has 0 aromatic carbocycles. The molecule has 1 rings (SSSR count). The molecule has 1 aromatic heterocycles. The lowest BCUT2D eigenvalue weighted by Crippen LogP contribution is -2.24. The number of nitro groups is 1. The van der Waals surface area contributed by atoms with Gasteiger partial charge in [-0.25, -0.2) is 4.98 Å². The van der Waals surface area contributed by atoms with Gasteiger partial charge in [0.15, 0.2) is 0 Å². The van der Waals surface area contributed by atoms with Crippen LogP contribution in [0, 0.1) is 10.1 Å². The number of pyridine rings is 1. The van der Waals surface area contributed by atoms with Gasteiger partial charge in [-0.15, -0.1) is 0 Å². The van der Waals surface area contributed by atoms with E-state index in [1.54, 1.807) is 0 Å². The van der Waals surface area contributed by atoms with Gasteiger partial charge in [-0.1, -0.05) is 18.7 Å². The van der Waals surface area contributed by atoms with Crippen LogP contribution in [0.15, 0.2) is 23.4 Å².